The summed E-state index contributed by atoms with van der Waals surface area (Å²) in [6.45, 7) is 0. The average molecular weight is 244 g/mol. The van der Waals surface area contributed by atoms with Gasteiger partial charge in [-0.2, -0.15) is 4.98 Å². The van der Waals surface area contributed by atoms with Crippen LogP contribution in [0.15, 0.2) is 4.52 Å². The van der Waals surface area contributed by atoms with Crippen molar-refractivity contribution in [3.8, 4) is 0 Å². The molecule has 0 unspecified atom stereocenters. The molecule has 1 aromatic rings. The van der Waals surface area contributed by atoms with E-state index in [9.17, 15) is 13.2 Å². The fourth-order valence-electron chi connectivity index (χ4n) is 1.73. The number of aromatic nitrogens is 2. The smallest absolute Gasteiger partial charge is 0.229 e. The molecule has 1 aliphatic heterocycles. The van der Waals surface area contributed by atoms with Crippen LogP contribution in [0.3, 0.4) is 0 Å². The Morgan fingerprint density at radius 1 is 1.38 bits per heavy atom. The molecule has 0 amide bonds. The average Bonchev–Trinajstić information content (AvgIpc) is 2.67. The van der Waals surface area contributed by atoms with Crippen molar-refractivity contribution in [2.24, 2.45) is 0 Å². The number of hydrogen-bond donors (Lipinski definition) is 0. The Morgan fingerprint density at radius 2 is 2.06 bits per heavy atom. The summed E-state index contributed by atoms with van der Waals surface area (Å²) in [6, 6.07) is 0. The highest BCUT2D eigenvalue weighted by molar-refractivity contribution is 7.91. The Balaban J connectivity index is 2.05. The lowest BCUT2D eigenvalue weighted by atomic mass is 10.0. The van der Waals surface area contributed by atoms with E-state index in [0.29, 0.717) is 30.8 Å². The molecule has 0 N–H and O–H groups in total. The standard InChI is InChI=1S/C9H12N2O4S/c12-4-1-8-10-9(15-11-8)7-2-5-16(13,14)6-3-7/h4,7H,1-3,5-6H2. The van der Waals surface area contributed by atoms with Crippen molar-refractivity contribution in [1.29, 1.82) is 0 Å². The maximum absolute atomic E-state index is 11.2. The van der Waals surface area contributed by atoms with Crippen molar-refractivity contribution in [3.05, 3.63) is 11.7 Å². The first-order valence-corrected chi connectivity index (χ1v) is 6.89. The summed E-state index contributed by atoms with van der Waals surface area (Å²) in [5.74, 6) is 1.16. The van der Waals surface area contributed by atoms with Crippen LogP contribution in [0.25, 0.3) is 0 Å². The van der Waals surface area contributed by atoms with E-state index >= 15 is 0 Å². The van der Waals surface area contributed by atoms with Crippen molar-refractivity contribution in [3.63, 3.8) is 0 Å². The third-order valence-electron chi connectivity index (χ3n) is 2.65. The molecule has 2 rings (SSSR count). The van der Waals surface area contributed by atoms with Crippen LogP contribution in [-0.2, 0) is 21.1 Å². The first kappa shape index (κ1) is 11.3. The topological polar surface area (TPSA) is 90.1 Å². The van der Waals surface area contributed by atoms with Crippen molar-refractivity contribution in [1.82, 2.24) is 10.1 Å². The molecule has 1 saturated heterocycles. The molecule has 0 bridgehead atoms. The molecule has 6 nitrogen and oxygen atoms in total. The fourth-order valence-corrected chi connectivity index (χ4v) is 3.22. The summed E-state index contributed by atoms with van der Waals surface area (Å²) in [7, 11) is -2.87. The van der Waals surface area contributed by atoms with E-state index in [4.69, 9.17) is 4.52 Å². The first-order valence-electron chi connectivity index (χ1n) is 5.07. The molecule has 0 saturated carbocycles. The number of rotatable bonds is 3. The van der Waals surface area contributed by atoms with E-state index in [0.717, 1.165) is 0 Å². The number of nitrogens with zero attached hydrogens (tertiary/aromatic N) is 2. The molecule has 1 fully saturated rings. The molecule has 1 aromatic heterocycles. The molecule has 88 valence electrons. The van der Waals surface area contributed by atoms with Crippen molar-refractivity contribution in [2.45, 2.75) is 25.2 Å². The lowest BCUT2D eigenvalue weighted by molar-refractivity contribution is -0.107. The SMILES string of the molecule is O=CCc1noc(C2CCS(=O)(=O)CC2)n1. The van der Waals surface area contributed by atoms with Gasteiger partial charge in [0, 0.05) is 5.92 Å². The van der Waals surface area contributed by atoms with Gasteiger partial charge in [-0.3, -0.25) is 0 Å². The van der Waals surface area contributed by atoms with Crippen LogP contribution in [0.2, 0.25) is 0 Å². The second kappa shape index (κ2) is 4.32. The summed E-state index contributed by atoms with van der Waals surface area (Å²) in [6.07, 6.45) is 1.88. The highest BCUT2D eigenvalue weighted by Gasteiger charge is 2.28. The zero-order valence-corrected chi connectivity index (χ0v) is 9.44. The maximum Gasteiger partial charge on any atom is 0.229 e. The Bertz CT molecular complexity index is 465. The Morgan fingerprint density at radius 3 is 2.69 bits per heavy atom. The normalized spacial score (nSPS) is 20.8. The van der Waals surface area contributed by atoms with Crippen LogP contribution in [0.5, 0.6) is 0 Å². The number of hydrogen-bond acceptors (Lipinski definition) is 6. The molecule has 0 aromatic carbocycles. The molecule has 0 aliphatic carbocycles. The number of carbonyl (C=O) groups is 1. The van der Waals surface area contributed by atoms with Crippen LogP contribution in [-0.4, -0.2) is 36.4 Å². The summed E-state index contributed by atoms with van der Waals surface area (Å²) in [4.78, 5) is 14.3. The second-order valence-electron chi connectivity index (χ2n) is 3.85. The van der Waals surface area contributed by atoms with E-state index in [1.807, 2.05) is 0 Å². The zero-order chi connectivity index (χ0) is 11.6. The second-order valence-corrected chi connectivity index (χ2v) is 6.15. The van der Waals surface area contributed by atoms with Crippen LogP contribution in [0.4, 0.5) is 0 Å². The molecule has 0 spiro atoms. The summed E-state index contributed by atoms with van der Waals surface area (Å²) < 4.78 is 27.5. The van der Waals surface area contributed by atoms with Gasteiger partial charge < -0.3 is 9.32 Å². The molecule has 1 aliphatic rings. The zero-order valence-electron chi connectivity index (χ0n) is 8.63. The van der Waals surface area contributed by atoms with E-state index in [2.05, 4.69) is 10.1 Å². The Hall–Kier alpha value is -1.24. The number of sulfone groups is 1. The van der Waals surface area contributed by atoms with Crippen LogP contribution in [0, 0.1) is 0 Å². The minimum atomic E-state index is -2.87. The molecule has 0 radical (unpaired) electrons. The van der Waals surface area contributed by atoms with Crippen LogP contribution >= 0.6 is 0 Å². The maximum atomic E-state index is 11.2. The monoisotopic (exact) mass is 244 g/mol. The lowest BCUT2D eigenvalue weighted by Crippen LogP contribution is -2.22. The fraction of sp³-hybridized carbons (Fsp3) is 0.667. The number of carbonyl (C=O) groups excluding carboxylic acids is 1. The molecule has 7 heteroatoms. The molecule has 0 atom stereocenters. The molecule has 2 heterocycles. The van der Waals surface area contributed by atoms with Gasteiger partial charge in [-0.15, -0.1) is 0 Å². The first-order chi connectivity index (χ1) is 7.61. The summed E-state index contributed by atoms with van der Waals surface area (Å²) in [5, 5.41) is 3.65. The Labute approximate surface area is 93.0 Å². The van der Waals surface area contributed by atoms with Gasteiger partial charge in [-0.25, -0.2) is 8.42 Å². The van der Waals surface area contributed by atoms with Crippen LogP contribution in [0.1, 0.15) is 30.5 Å². The van der Waals surface area contributed by atoms with E-state index in [1.165, 1.54) is 0 Å². The molecule has 16 heavy (non-hydrogen) atoms. The minimum Gasteiger partial charge on any atom is -0.339 e. The Kier molecular flexibility index (Phi) is 3.04. The third-order valence-corrected chi connectivity index (χ3v) is 4.37. The quantitative estimate of drug-likeness (QED) is 0.700. The summed E-state index contributed by atoms with van der Waals surface area (Å²) in [5.41, 5.74) is 0. The van der Waals surface area contributed by atoms with Gasteiger partial charge in [0.2, 0.25) is 5.89 Å². The van der Waals surface area contributed by atoms with Crippen LogP contribution < -0.4 is 0 Å². The van der Waals surface area contributed by atoms with Gasteiger partial charge >= 0.3 is 0 Å². The van der Waals surface area contributed by atoms with Gasteiger partial charge in [0.1, 0.15) is 16.1 Å². The van der Waals surface area contributed by atoms with Crippen molar-refractivity contribution < 1.29 is 17.7 Å². The van der Waals surface area contributed by atoms with Gasteiger partial charge in [-0.1, -0.05) is 5.16 Å². The van der Waals surface area contributed by atoms with E-state index in [1.54, 1.807) is 0 Å². The van der Waals surface area contributed by atoms with E-state index in [-0.39, 0.29) is 23.8 Å². The van der Waals surface area contributed by atoms with Gasteiger partial charge in [0.15, 0.2) is 5.82 Å². The van der Waals surface area contributed by atoms with Gasteiger partial charge in [0.25, 0.3) is 0 Å². The van der Waals surface area contributed by atoms with Gasteiger partial charge in [-0.05, 0) is 12.8 Å². The van der Waals surface area contributed by atoms with Crippen molar-refractivity contribution in [2.75, 3.05) is 11.5 Å². The van der Waals surface area contributed by atoms with Gasteiger partial charge in [0.05, 0.1) is 17.9 Å². The van der Waals surface area contributed by atoms with Crippen molar-refractivity contribution >= 4 is 16.1 Å². The highest BCUT2D eigenvalue weighted by atomic mass is 32.2. The highest BCUT2D eigenvalue weighted by Crippen LogP contribution is 2.27. The molecular formula is C9H12N2O4S. The lowest BCUT2D eigenvalue weighted by Gasteiger charge is -2.17. The number of aldehydes is 1. The predicted molar refractivity (Wildman–Crippen MR) is 54.7 cm³/mol. The largest absolute Gasteiger partial charge is 0.339 e. The molecular weight excluding hydrogens is 232 g/mol. The minimum absolute atomic E-state index is 0.0106. The van der Waals surface area contributed by atoms with E-state index < -0.39 is 9.84 Å². The third kappa shape index (κ3) is 2.46. The predicted octanol–water partition coefficient (Wildman–Crippen LogP) is 0.103. The summed E-state index contributed by atoms with van der Waals surface area (Å²) >= 11 is 0.